The molecular formula is C14H10BrCl2NO. The van der Waals surface area contributed by atoms with Crippen LogP contribution < -0.4 is 5.32 Å². The molecule has 0 aliphatic rings. The second kappa shape index (κ2) is 6.42. The fourth-order valence-corrected chi connectivity index (χ4v) is 2.53. The van der Waals surface area contributed by atoms with Gasteiger partial charge in [0.25, 0.3) is 5.91 Å². The van der Waals surface area contributed by atoms with E-state index in [-0.39, 0.29) is 11.5 Å². The summed E-state index contributed by atoms with van der Waals surface area (Å²) in [4.78, 5) is 12.1. The molecule has 0 radical (unpaired) electrons. The van der Waals surface area contributed by atoms with Crippen LogP contribution in [-0.2, 0) is 5.33 Å². The third-order valence-corrected chi connectivity index (χ3v) is 3.83. The second-order valence-corrected chi connectivity index (χ2v) is 5.26. The summed E-state index contributed by atoms with van der Waals surface area (Å²) in [6.45, 7) is 0. The van der Waals surface area contributed by atoms with Crippen molar-refractivity contribution in [2.75, 3.05) is 5.32 Å². The van der Waals surface area contributed by atoms with Crippen LogP contribution in [0.1, 0.15) is 15.9 Å². The summed E-state index contributed by atoms with van der Waals surface area (Å²) in [7, 11) is 0. The van der Waals surface area contributed by atoms with Crippen LogP contribution in [0.25, 0.3) is 0 Å². The first kappa shape index (κ1) is 14.4. The maximum Gasteiger partial charge on any atom is 0.258 e. The standard InChI is InChI=1S/C14H10BrCl2NO/c15-8-9-4-6-10(7-5-9)18-14(19)13-11(16)2-1-3-12(13)17/h1-7H,8H2,(H,18,19). The first-order valence-electron chi connectivity index (χ1n) is 5.52. The summed E-state index contributed by atoms with van der Waals surface area (Å²) in [5, 5.41) is 4.21. The minimum atomic E-state index is -0.317. The van der Waals surface area contributed by atoms with Crippen molar-refractivity contribution in [1.29, 1.82) is 0 Å². The van der Waals surface area contributed by atoms with E-state index < -0.39 is 0 Å². The molecule has 0 atom stereocenters. The van der Waals surface area contributed by atoms with Gasteiger partial charge in [-0.1, -0.05) is 57.3 Å². The molecule has 2 aromatic carbocycles. The Morgan fingerprint density at radius 3 is 2.16 bits per heavy atom. The highest BCUT2D eigenvalue weighted by atomic mass is 79.9. The summed E-state index contributed by atoms with van der Waals surface area (Å²) in [5.74, 6) is -0.317. The maximum absolute atomic E-state index is 12.1. The Morgan fingerprint density at radius 2 is 1.63 bits per heavy atom. The van der Waals surface area contributed by atoms with Crippen molar-refractivity contribution in [2.24, 2.45) is 0 Å². The van der Waals surface area contributed by atoms with E-state index in [0.29, 0.717) is 15.7 Å². The van der Waals surface area contributed by atoms with Gasteiger partial charge >= 0.3 is 0 Å². The molecule has 0 heterocycles. The topological polar surface area (TPSA) is 29.1 Å². The van der Waals surface area contributed by atoms with Gasteiger partial charge in [0.15, 0.2) is 0 Å². The zero-order chi connectivity index (χ0) is 13.8. The highest BCUT2D eigenvalue weighted by Crippen LogP contribution is 2.25. The average molecular weight is 359 g/mol. The van der Waals surface area contributed by atoms with Gasteiger partial charge in [-0.05, 0) is 29.8 Å². The van der Waals surface area contributed by atoms with Crippen LogP contribution in [0.3, 0.4) is 0 Å². The molecule has 19 heavy (non-hydrogen) atoms. The van der Waals surface area contributed by atoms with Crippen LogP contribution in [0, 0.1) is 0 Å². The Morgan fingerprint density at radius 1 is 1.05 bits per heavy atom. The van der Waals surface area contributed by atoms with Crippen molar-refractivity contribution in [3.05, 3.63) is 63.6 Å². The van der Waals surface area contributed by atoms with Gasteiger partial charge in [0.1, 0.15) is 0 Å². The quantitative estimate of drug-likeness (QED) is 0.756. The number of alkyl halides is 1. The van der Waals surface area contributed by atoms with Gasteiger partial charge in [0.05, 0.1) is 15.6 Å². The Bertz CT molecular complexity index is 579. The number of anilines is 1. The zero-order valence-corrected chi connectivity index (χ0v) is 12.9. The van der Waals surface area contributed by atoms with Gasteiger partial charge < -0.3 is 5.32 Å². The molecule has 2 nitrogen and oxygen atoms in total. The van der Waals surface area contributed by atoms with Gasteiger partial charge in [-0.2, -0.15) is 0 Å². The smallest absolute Gasteiger partial charge is 0.258 e. The molecule has 0 saturated carbocycles. The molecule has 0 unspecified atom stereocenters. The summed E-state index contributed by atoms with van der Waals surface area (Å²) >= 11 is 15.3. The molecule has 1 amide bonds. The van der Waals surface area contributed by atoms with Crippen LogP contribution in [0.4, 0.5) is 5.69 Å². The summed E-state index contributed by atoms with van der Waals surface area (Å²) in [5.41, 5.74) is 2.12. The van der Waals surface area contributed by atoms with Crippen molar-refractivity contribution in [2.45, 2.75) is 5.33 Å². The minimum Gasteiger partial charge on any atom is -0.322 e. The SMILES string of the molecule is O=C(Nc1ccc(CBr)cc1)c1c(Cl)cccc1Cl. The lowest BCUT2D eigenvalue weighted by Crippen LogP contribution is -2.13. The maximum atomic E-state index is 12.1. The zero-order valence-electron chi connectivity index (χ0n) is 9.79. The molecule has 0 aliphatic heterocycles. The van der Waals surface area contributed by atoms with Crippen molar-refractivity contribution in [3.8, 4) is 0 Å². The fraction of sp³-hybridized carbons (Fsp3) is 0.0714. The highest BCUT2D eigenvalue weighted by Gasteiger charge is 2.14. The molecule has 0 bridgehead atoms. The average Bonchev–Trinajstić information content (AvgIpc) is 2.39. The number of nitrogens with one attached hydrogen (secondary N) is 1. The highest BCUT2D eigenvalue weighted by molar-refractivity contribution is 9.08. The molecule has 1 N–H and O–H groups in total. The molecule has 98 valence electrons. The molecular weight excluding hydrogens is 349 g/mol. The lowest BCUT2D eigenvalue weighted by atomic mass is 10.2. The van der Waals surface area contributed by atoms with Crippen molar-refractivity contribution in [1.82, 2.24) is 0 Å². The van der Waals surface area contributed by atoms with Crippen LogP contribution in [-0.4, -0.2) is 5.91 Å². The summed E-state index contributed by atoms with van der Waals surface area (Å²) < 4.78 is 0. The summed E-state index contributed by atoms with van der Waals surface area (Å²) in [6, 6.07) is 12.5. The third-order valence-electron chi connectivity index (χ3n) is 2.56. The first-order valence-corrected chi connectivity index (χ1v) is 7.40. The number of hydrogen-bond acceptors (Lipinski definition) is 1. The Labute approximate surface area is 129 Å². The van der Waals surface area contributed by atoms with E-state index in [1.54, 1.807) is 18.2 Å². The van der Waals surface area contributed by atoms with Gasteiger partial charge in [0, 0.05) is 11.0 Å². The number of halogens is 3. The Kier molecular flexibility index (Phi) is 4.86. The van der Waals surface area contributed by atoms with Gasteiger partial charge in [0.2, 0.25) is 0 Å². The lowest BCUT2D eigenvalue weighted by Gasteiger charge is -2.08. The van der Waals surface area contributed by atoms with Gasteiger partial charge in [-0.15, -0.1) is 0 Å². The molecule has 0 aliphatic carbocycles. The number of amides is 1. The van der Waals surface area contributed by atoms with E-state index in [0.717, 1.165) is 10.9 Å². The Hall–Kier alpha value is -1.03. The van der Waals surface area contributed by atoms with Crippen molar-refractivity contribution >= 4 is 50.7 Å². The number of rotatable bonds is 3. The second-order valence-electron chi connectivity index (χ2n) is 3.88. The van der Waals surface area contributed by atoms with Gasteiger partial charge in [-0.3, -0.25) is 4.79 Å². The van der Waals surface area contributed by atoms with Gasteiger partial charge in [-0.25, -0.2) is 0 Å². The molecule has 2 rings (SSSR count). The van der Waals surface area contributed by atoms with E-state index in [4.69, 9.17) is 23.2 Å². The summed E-state index contributed by atoms with van der Waals surface area (Å²) in [6.07, 6.45) is 0. The van der Waals surface area contributed by atoms with Crippen LogP contribution in [0.2, 0.25) is 10.0 Å². The monoisotopic (exact) mass is 357 g/mol. The minimum absolute atomic E-state index is 0.287. The van der Waals surface area contributed by atoms with Crippen LogP contribution >= 0.6 is 39.1 Å². The molecule has 0 spiro atoms. The first-order chi connectivity index (χ1) is 9.11. The van der Waals surface area contributed by atoms with E-state index >= 15 is 0 Å². The normalized spacial score (nSPS) is 10.3. The lowest BCUT2D eigenvalue weighted by molar-refractivity contribution is 0.102. The number of hydrogen-bond donors (Lipinski definition) is 1. The third kappa shape index (κ3) is 3.50. The molecule has 0 fully saturated rings. The van der Waals surface area contributed by atoms with Crippen LogP contribution in [0.5, 0.6) is 0 Å². The van der Waals surface area contributed by atoms with Crippen molar-refractivity contribution < 1.29 is 4.79 Å². The van der Waals surface area contributed by atoms with Crippen LogP contribution in [0.15, 0.2) is 42.5 Å². The molecule has 2 aromatic rings. The number of benzene rings is 2. The molecule has 5 heteroatoms. The fourth-order valence-electron chi connectivity index (χ4n) is 1.59. The Balaban J connectivity index is 2.21. The molecule has 0 saturated heterocycles. The predicted octanol–water partition coefficient (Wildman–Crippen LogP) is 5.14. The van der Waals surface area contributed by atoms with E-state index in [9.17, 15) is 4.79 Å². The largest absolute Gasteiger partial charge is 0.322 e. The number of carbonyl (C=O) groups excluding carboxylic acids is 1. The predicted molar refractivity (Wildman–Crippen MR) is 83.5 cm³/mol. The van der Waals surface area contributed by atoms with E-state index in [1.165, 1.54) is 0 Å². The van der Waals surface area contributed by atoms with E-state index in [2.05, 4.69) is 21.2 Å². The van der Waals surface area contributed by atoms with E-state index in [1.807, 2.05) is 24.3 Å². The number of carbonyl (C=O) groups is 1. The molecule has 0 aromatic heterocycles. The van der Waals surface area contributed by atoms with Crippen molar-refractivity contribution in [3.63, 3.8) is 0 Å².